The van der Waals surface area contributed by atoms with Crippen LogP contribution in [0, 0.1) is 0 Å². The minimum Gasteiger partial charge on any atom is -0.479 e. The van der Waals surface area contributed by atoms with Crippen molar-refractivity contribution in [3.63, 3.8) is 0 Å². The summed E-state index contributed by atoms with van der Waals surface area (Å²) in [6.45, 7) is 0. The van der Waals surface area contributed by atoms with Crippen LogP contribution in [0.15, 0.2) is 30.3 Å². The second-order valence-electron chi connectivity index (χ2n) is 3.32. The highest BCUT2D eigenvalue weighted by Crippen LogP contribution is 2.25. The SMILES string of the molecule is O=C(O)C1(O)C=Cc2ccccc2C1=O. The molecule has 4 heteroatoms. The van der Waals surface area contributed by atoms with Gasteiger partial charge in [-0.2, -0.15) is 0 Å². The Hall–Kier alpha value is -1.94. The average molecular weight is 204 g/mol. The summed E-state index contributed by atoms with van der Waals surface area (Å²) >= 11 is 0. The number of benzene rings is 1. The van der Waals surface area contributed by atoms with Crippen LogP contribution in [-0.2, 0) is 4.79 Å². The van der Waals surface area contributed by atoms with Crippen molar-refractivity contribution in [2.45, 2.75) is 5.60 Å². The Balaban J connectivity index is 2.60. The zero-order chi connectivity index (χ0) is 11.1. The smallest absolute Gasteiger partial charge is 0.348 e. The van der Waals surface area contributed by atoms with Gasteiger partial charge in [-0.3, -0.25) is 4.79 Å². The van der Waals surface area contributed by atoms with Gasteiger partial charge in [-0.1, -0.05) is 30.3 Å². The monoisotopic (exact) mass is 204 g/mol. The van der Waals surface area contributed by atoms with Gasteiger partial charge in [0.2, 0.25) is 11.4 Å². The fourth-order valence-electron chi connectivity index (χ4n) is 1.51. The number of rotatable bonds is 1. The Morgan fingerprint density at radius 3 is 2.60 bits per heavy atom. The Labute approximate surface area is 85.5 Å². The van der Waals surface area contributed by atoms with Crippen LogP contribution in [0.5, 0.6) is 0 Å². The van der Waals surface area contributed by atoms with Crippen LogP contribution in [0.1, 0.15) is 15.9 Å². The van der Waals surface area contributed by atoms with Crippen molar-refractivity contribution in [1.82, 2.24) is 0 Å². The van der Waals surface area contributed by atoms with Crippen LogP contribution in [0.2, 0.25) is 0 Å². The molecule has 1 aliphatic carbocycles. The summed E-state index contributed by atoms with van der Waals surface area (Å²) in [6, 6.07) is 6.54. The number of carbonyl (C=O) groups excluding carboxylic acids is 1. The Bertz CT molecular complexity index is 475. The molecule has 0 radical (unpaired) electrons. The van der Waals surface area contributed by atoms with Gasteiger partial charge in [-0.15, -0.1) is 0 Å². The predicted molar refractivity (Wildman–Crippen MR) is 52.4 cm³/mol. The van der Waals surface area contributed by atoms with E-state index in [2.05, 4.69) is 0 Å². The summed E-state index contributed by atoms with van der Waals surface area (Å²) in [6.07, 6.45) is 2.44. The standard InChI is InChI=1S/C11H8O4/c12-9-8-4-2-1-3-7(8)5-6-11(9,15)10(13)14/h1-6,15H,(H,13,14). The Morgan fingerprint density at radius 1 is 1.27 bits per heavy atom. The number of ketones is 1. The van der Waals surface area contributed by atoms with Crippen LogP contribution < -0.4 is 0 Å². The summed E-state index contributed by atoms with van der Waals surface area (Å²) < 4.78 is 0. The third kappa shape index (κ3) is 1.27. The average Bonchev–Trinajstić information content (AvgIpc) is 2.24. The van der Waals surface area contributed by atoms with Gasteiger partial charge < -0.3 is 10.2 Å². The quantitative estimate of drug-likeness (QED) is 0.661. The van der Waals surface area contributed by atoms with E-state index in [1.165, 1.54) is 12.1 Å². The van der Waals surface area contributed by atoms with E-state index in [1.807, 2.05) is 0 Å². The Morgan fingerprint density at radius 2 is 1.93 bits per heavy atom. The third-order valence-electron chi connectivity index (χ3n) is 2.38. The van der Waals surface area contributed by atoms with E-state index in [-0.39, 0.29) is 5.56 Å². The van der Waals surface area contributed by atoms with Crippen molar-refractivity contribution < 1.29 is 19.8 Å². The molecule has 0 heterocycles. The normalized spacial score (nSPS) is 23.7. The lowest BCUT2D eigenvalue weighted by Crippen LogP contribution is -2.46. The first-order chi connectivity index (χ1) is 7.05. The topological polar surface area (TPSA) is 74.6 Å². The van der Waals surface area contributed by atoms with E-state index in [9.17, 15) is 14.7 Å². The predicted octanol–water partition coefficient (Wildman–Crippen LogP) is 0.712. The van der Waals surface area contributed by atoms with Crippen molar-refractivity contribution in [1.29, 1.82) is 0 Å². The van der Waals surface area contributed by atoms with Crippen LogP contribution in [0.4, 0.5) is 0 Å². The van der Waals surface area contributed by atoms with E-state index < -0.39 is 17.4 Å². The van der Waals surface area contributed by atoms with E-state index in [0.717, 1.165) is 6.08 Å². The summed E-state index contributed by atoms with van der Waals surface area (Å²) in [5.74, 6) is -2.36. The number of hydrogen-bond acceptors (Lipinski definition) is 3. The maximum Gasteiger partial charge on any atom is 0.348 e. The van der Waals surface area contributed by atoms with Gasteiger partial charge in [0.05, 0.1) is 0 Å². The summed E-state index contributed by atoms with van der Waals surface area (Å²) in [5, 5.41) is 18.4. The van der Waals surface area contributed by atoms with Crippen molar-refractivity contribution in [3.8, 4) is 0 Å². The lowest BCUT2D eigenvalue weighted by molar-refractivity contribution is -0.149. The number of carboxylic acid groups (broad SMARTS) is 1. The van der Waals surface area contributed by atoms with E-state index in [1.54, 1.807) is 18.2 Å². The molecule has 0 amide bonds. The fourth-order valence-corrected chi connectivity index (χ4v) is 1.51. The number of Topliss-reactive ketones (excluding diaryl/α,β-unsaturated/α-hetero) is 1. The Kier molecular flexibility index (Phi) is 1.94. The number of carboxylic acids is 1. The van der Waals surface area contributed by atoms with Gasteiger partial charge in [0.25, 0.3) is 0 Å². The largest absolute Gasteiger partial charge is 0.479 e. The highest BCUT2D eigenvalue weighted by molar-refractivity contribution is 6.19. The highest BCUT2D eigenvalue weighted by Gasteiger charge is 2.44. The van der Waals surface area contributed by atoms with E-state index in [4.69, 9.17) is 5.11 Å². The van der Waals surface area contributed by atoms with Crippen LogP contribution in [0.25, 0.3) is 6.08 Å². The van der Waals surface area contributed by atoms with Crippen LogP contribution in [0.3, 0.4) is 0 Å². The molecule has 4 nitrogen and oxygen atoms in total. The third-order valence-corrected chi connectivity index (χ3v) is 2.38. The van der Waals surface area contributed by atoms with Gasteiger partial charge in [0.1, 0.15) is 0 Å². The fraction of sp³-hybridized carbons (Fsp3) is 0.0909. The number of aliphatic carboxylic acids is 1. The number of fused-ring (bicyclic) bond motifs is 1. The number of hydrogen-bond donors (Lipinski definition) is 2. The minimum atomic E-state index is -2.42. The van der Waals surface area contributed by atoms with Crippen LogP contribution >= 0.6 is 0 Å². The van der Waals surface area contributed by atoms with E-state index in [0.29, 0.717) is 5.56 Å². The lowest BCUT2D eigenvalue weighted by Gasteiger charge is -2.22. The van der Waals surface area contributed by atoms with Crippen molar-refractivity contribution in [2.24, 2.45) is 0 Å². The summed E-state index contributed by atoms with van der Waals surface area (Å²) in [4.78, 5) is 22.5. The van der Waals surface area contributed by atoms with Gasteiger partial charge in [-0.05, 0) is 11.6 Å². The van der Waals surface area contributed by atoms with Gasteiger partial charge in [0, 0.05) is 5.56 Å². The molecule has 1 unspecified atom stereocenters. The molecule has 2 N–H and O–H groups in total. The first-order valence-electron chi connectivity index (χ1n) is 4.34. The molecular weight excluding hydrogens is 196 g/mol. The second-order valence-corrected chi connectivity index (χ2v) is 3.32. The zero-order valence-corrected chi connectivity index (χ0v) is 7.68. The maximum absolute atomic E-state index is 11.7. The van der Waals surface area contributed by atoms with Crippen molar-refractivity contribution in [3.05, 3.63) is 41.5 Å². The minimum absolute atomic E-state index is 0.227. The van der Waals surface area contributed by atoms with Gasteiger partial charge >= 0.3 is 5.97 Å². The van der Waals surface area contributed by atoms with Gasteiger partial charge in [0.15, 0.2) is 0 Å². The molecule has 76 valence electrons. The summed E-state index contributed by atoms with van der Waals surface area (Å²) in [5.41, 5.74) is -1.58. The number of carbonyl (C=O) groups is 2. The highest BCUT2D eigenvalue weighted by atomic mass is 16.4. The molecule has 15 heavy (non-hydrogen) atoms. The molecule has 1 aromatic carbocycles. The molecule has 0 saturated heterocycles. The first-order valence-corrected chi connectivity index (χ1v) is 4.34. The van der Waals surface area contributed by atoms with Crippen molar-refractivity contribution in [2.75, 3.05) is 0 Å². The van der Waals surface area contributed by atoms with E-state index >= 15 is 0 Å². The molecule has 0 fully saturated rings. The lowest BCUT2D eigenvalue weighted by atomic mass is 9.85. The summed E-state index contributed by atoms with van der Waals surface area (Å²) in [7, 11) is 0. The molecular formula is C11H8O4. The van der Waals surface area contributed by atoms with Crippen molar-refractivity contribution >= 4 is 17.8 Å². The molecule has 2 rings (SSSR count). The van der Waals surface area contributed by atoms with Gasteiger partial charge in [-0.25, -0.2) is 4.79 Å². The molecule has 1 aliphatic rings. The molecule has 0 bridgehead atoms. The number of aliphatic hydroxyl groups is 1. The zero-order valence-electron chi connectivity index (χ0n) is 7.68. The molecule has 0 saturated carbocycles. The molecule has 0 spiro atoms. The second kappa shape index (κ2) is 3.03. The molecule has 1 aromatic rings. The molecule has 0 aliphatic heterocycles. The maximum atomic E-state index is 11.7. The molecule has 0 aromatic heterocycles. The van der Waals surface area contributed by atoms with Crippen LogP contribution in [-0.4, -0.2) is 27.6 Å². The first kappa shape index (κ1) is 9.61. The molecule has 1 atom stereocenters.